The normalized spacial score (nSPS) is 20.0. The van der Waals surface area contributed by atoms with Crippen molar-refractivity contribution in [2.45, 2.75) is 13.0 Å². The lowest BCUT2D eigenvalue weighted by Gasteiger charge is -2.23. The van der Waals surface area contributed by atoms with Crippen LogP contribution in [0.25, 0.3) is 0 Å². The van der Waals surface area contributed by atoms with Gasteiger partial charge in [-0.05, 0) is 47.2 Å². The summed E-state index contributed by atoms with van der Waals surface area (Å²) in [5, 5.41) is 6.05. The Kier molecular flexibility index (Phi) is 4.36. The van der Waals surface area contributed by atoms with Gasteiger partial charge in [-0.15, -0.1) is 0 Å². The minimum absolute atomic E-state index is 0.0812. The number of morpholine rings is 1. The molecule has 0 spiro atoms. The zero-order valence-corrected chi connectivity index (χ0v) is 11.8. The molecule has 92 valence electrons. The molecule has 1 unspecified atom stereocenters. The molecule has 1 aromatic carbocycles. The van der Waals surface area contributed by atoms with Gasteiger partial charge in [-0.1, -0.05) is 6.07 Å². The minimum Gasteiger partial charge on any atom is -0.366 e. The van der Waals surface area contributed by atoms with E-state index in [1.54, 1.807) is 0 Å². The molecule has 2 rings (SSSR count). The monoisotopic (exact) mass is 346 g/mol. The number of carbonyl (C=O) groups excluding carboxylic acids is 1. The van der Waals surface area contributed by atoms with E-state index >= 15 is 0 Å². The fourth-order valence-electron chi connectivity index (χ4n) is 1.69. The zero-order valence-electron chi connectivity index (χ0n) is 9.63. The molecule has 17 heavy (non-hydrogen) atoms. The van der Waals surface area contributed by atoms with Crippen molar-refractivity contribution in [3.8, 4) is 0 Å². The van der Waals surface area contributed by atoms with E-state index in [0.29, 0.717) is 13.2 Å². The van der Waals surface area contributed by atoms with E-state index in [1.165, 1.54) is 0 Å². The summed E-state index contributed by atoms with van der Waals surface area (Å²) in [6.45, 7) is 3.97. The number of anilines is 1. The summed E-state index contributed by atoms with van der Waals surface area (Å²) in [4.78, 5) is 12.0. The van der Waals surface area contributed by atoms with Crippen molar-refractivity contribution < 1.29 is 9.53 Å². The largest absolute Gasteiger partial charge is 0.366 e. The summed E-state index contributed by atoms with van der Waals surface area (Å²) in [7, 11) is 0. The maximum Gasteiger partial charge on any atom is 0.254 e. The number of benzene rings is 1. The number of amides is 1. The molecule has 2 N–H and O–H groups in total. The number of nitrogens with one attached hydrogen (secondary N) is 2. The maximum absolute atomic E-state index is 12.0. The number of hydrogen-bond donors (Lipinski definition) is 2. The van der Waals surface area contributed by atoms with Gasteiger partial charge in [0.1, 0.15) is 6.10 Å². The van der Waals surface area contributed by atoms with Crippen LogP contribution in [-0.2, 0) is 9.53 Å². The number of hydrogen-bond acceptors (Lipinski definition) is 3. The van der Waals surface area contributed by atoms with Gasteiger partial charge >= 0.3 is 0 Å². The van der Waals surface area contributed by atoms with E-state index in [0.717, 1.165) is 21.4 Å². The molecule has 1 aliphatic rings. The first-order chi connectivity index (χ1) is 8.18. The van der Waals surface area contributed by atoms with Crippen molar-refractivity contribution in [3.05, 3.63) is 27.3 Å². The van der Waals surface area contributed by atoms with Crippen LogP contribution in [0, 0.1) is 10.5 Å². The Labute approximate surface area is 114 Å². The Morgan fingerprint density at radius 3 is 3.12 bits per heavy atom. The predicted octanol–water partition coefficient (Wildman–Crippen LogP) is 1.53. The summed E-state index contributed by atoms with van der Waals surface area (Å²) in [5.41, 5.74) is 1.95. The first-order valence-electron chi connectivity index (χ1n) is 5.57. The highest BCUT2D eigenvalue weighted by Gasteiger charge is 2.22. The van der Waals surface area contributed by atoms with Gasteiger partial charge in [0.25, 0.3) is 5.91 Å². The third-order valence-electron chi connectivity index (χ3n) is 2.75. The fraction of sp³-hybridized carbons (Fsp3) is 0.417. The number of ether oxygens (including phenoxy) is 1. The van der Waals surface area contributed by atoms with E-state index in [-0.39, 0.29) is 12.0 Å². The molecule has 5 heteroatoms. The van der Waals surface area contributed by atoms with Gasteiger partial charge in [0.05, 0.1) is 6.61 Å². The van der Waals surface area contributed by atoms with Crippen LogP contribution in [0.5, 0.6) is 0 Å². The quantitative estimate of drug-likeness (QED) is 0.799. The summed E-state index contributed by atoms with van der Waals surface area (Å²) in [6.07, 6.45) is -0.388. The van der Waals surface area contributed by atoms with Crippen LogP contribution in [-0.4, -0.2) is 31.7 Å². The number of rotatable bonds is 2. The van der Waals surface area contributed by atoms with E-state index in [9.17, 15) is 4.79 Å². The van der Waals surface area contributed by atoms with Crippen LogP contribution in [0.4, 0.5) is 5.69 Å². The number of carbonyl (C=O) groups is 1. The second-order valence-electron chi connectivity index (χ2n) is 3.97. The van der Waals surface area contributed by atoms with Crippen molar-refractivity contribution in [1.29, 1.82) is 0 Å². The lowest BCUT2D eigenvalue weighted by Crippen LogP contribution is -2.45. The highest BCUT2D eigenvalue weighted by molar-refractivity contribution is 14.1. The minimum atomic E-state index is -0.388. The molecule has 0 saturated carbocycles. The van der Waals surface area contributed by atoms with E-state index in [2.05, 4.69) is 33.2 Å². The average Bonchev–Trinajstić information content (AvgIpc) is 2.36. The van der Waals surface area contributed by atoms with Gasteiger partial charge in [0.2, 0.25) is 0 Å². The fourth-order valence-corrected chi connectivity index (χ4v) is 2.19. The molecular formula is C12H15IN2O2. The van der Waals surface area contributed by atoms with Crippen LogP contribution < -0.4 is 10.6 Å². The smallest absolute Gasteiger partial charge is 0.254 e. The first-order valence-corrected chi connectivity index (χ1v) is 6.64. The zero-order chi connectivity index (χ0) is 12.3. The van der Waals surface area contributed by atoms with E-state index in [4.69, 9.17) is 4.74 Å². The van der Waals surface area contributed by atoms with Gasteiger partial charge in [-0.3, -0.25) is 4.79 Å². The predicted molar refractivity (Wildman–Crippen MR) is 75.1 cm³/mol. The Morgan fingerprint density at radius 1 is 1.59 bits per heavy atom. The molecule has 0 aliphatic carbocycles. The maximum atomic E-state index is 12.0. The topological polar surface area (TPSA) is 50.4 Å². The third kappa shape index (κ3) is 3.17. The van der Waals surface area contributed by atoms with Gasteiger partial charge in [0.15, 0.2) is 0 Å². The van der Waals surface area contributed by atoms with Crippen molar-refractivity contribution in [1.82, 2.24) is 5.32 Å². The molecule has 4 nitrogen and oxygen atoms in total. The molecule has 0 aromatic heterocycles. The molecule has 1 atom stereocenters. The number of halogens is 1. The van der Waals surface area contributed by atoms with Crippen LogP contribution in [0.15, 0.2) is 18.2 Å². The summed E-state index contributed by atoms with van der Waals surface area (Å²) in [5.74, 6) is -0.0812. The van der Waals surface area contributed by atoms with Crippen molar-refractivity contribution >= 4 is 34.2 Å². The average molecular weight is 346 g/mol. The van der Waals surface area contributed by atoms with Crippen LogP contribution >= 0.6 is 22.6 Å². The van der Waals surface area contributed by atoms with Crippen LogP contribution in [0.2, 0.25) is 0 Å². The molecule has 0 bridgehead atoms. The molecule has 1 heterocycles. The van der Waals surface area contributed by atoms with E-state index in [1.807, 2.05) is 25.1 Å². The standard InChI is InChI=1S/C12H15IN2O2/c1-8-9(13)3-2-4-10(8)15-12(16)11-7-14-5-6-17-11/h2-4,11,14H,5-7H2,1H3,(H,15,16). The second-order valence-corrected chi connectivity index (χ2v) is 5.13. The van der Waals surface area contributed by atoms with Gasteiger partial charge in [-0.2, -0.15) is 0 Å². The second kappa shape index (κ2) is 5.79. The molecule has 1 aromatic rings. The Bertz CT molecular complexity index is 417. The van der Waals surface area contributed by atoms with Gasteiger partial charge in [-0.25, -0.2) is 0 Å². The van der Waals surface area contributed by atoms with E-state index < -0.39 is 0 Å². The van der Waals surface area contributed by atoms with Crippen molar-refractivity contribution in [3.63, 3.8) is 0 Å². The summed E-state index contributed by atoms with van der Waals surface area (Å²) in [6, 6.07) is 5.86. The van der Waals surface area contributed by atoms with Crippen molar-refractivity contribution in [2.24, 2.45) is 0 Å². The lowest BCUT2D eigenvalue weighted by molar-refractivity contribution is -0.128. The highest BCUT2D eigenvalue weighted by Crippen LogP contribution is 2.20. The molecule has 1 aliphatic heterocycles. The summed E-state index contributed by atoms with van der Waals surface area (Å²) < 4.78 is 6.55. The summed E-state index contributed by atoms with van der Waals surface area (Å²) >= 11 is 2.26. The molecule has 1 saturated heterocycles. The Balaban J connectivity index is 2.04. The Hall–Kier alpha value is -0.660. The van der Waals surface area contributed by atoms with Crippen LogP contribution in [0.1, 0.15) is 5.56 Å². The van der Waals surface area contributed by atoms with Crippen LogP contribution in [0.3, 0.4) is 0 Å². The van der Waals surface area contributed by atoms with Gasteiger partial charge < -0.3 is 15.4 Å². The molecular weight excluding hydrogens is 331 g/mol. The molecule has 0 radical (unpaired) electrons. The Morgan fingerprint density at radius 2 is 2.41 bits per heavy atom. The van der Waals surface area contributed by atoms with Crippen molar-refractivity contribution in [2.75, 3.05) is 25.0 Å². The van der Waals surface area contributed by atoms with Gasteiger partial charge in [0, 0.05) is 22.3 Å². The first kappa shape index (κ1) is 12.8. The SMILES string of the molecule is Cc1c(I)cccc1NC(=O)C1CNCCO1. The third-order valence-corrected chi connectivity index (χ3v) is 3.91. The molecule has 1 fully saturated rings. The molecule has 1 amide bonds. The lowest BCUT2D eigenvalue weighted by atomic mass is 10.2. The highest BCUT2D eigenvalue weighted by atomic mass is 127.